The quantitative estimate of drug-likeness (QED) is 0.270. The van der Waals surface area contributed by atoms with Crippen LogP contribution in [-0.4, -0.2) is 59.4 Å². The summed E-state index contributed by atoms with van der Waals surface area (Å²) in [6.45, 7) is 25.6. The third-order valence-corrected chi connectivity index (χ3v) is 9.19. The number of hydrogen-bond donors (Lipinski definition) is 1. The predicted octanol–water partition coefficient (Wildman–Crippen LogP) is 6.14. The number of ether oxygens (including phenoxy) is 1. The molecule has 0 radical (unpaired) electrons. The topological polar surface area (TPSA) is 86.4 Å². The first-order valence-corrected chi connectivity index (χ1v) is 13.9. The molecule has 1 aliphatic carbocycles. The van der Waals surface area contributed by atoms with Gasteiger partial charge in [-0.05, 0) is 98.4 Å². The first-order valence-electron chi connectivity index (χ1n) is 13.9. The van der Waals surface area contributed by atoms with E-state index in [-0.39, 0.29) is 53.6 Å². The van der Waals surface area contributed by atoms with Gasteiger partial charge in [0.2, 0.25) is 0 Å². The lowest BCUT2D eigenvalue weighted by molar-refractivity contribution is 0.00578. The molecular formula is C29H50BN3O4. The first-order chi connectivity index (χ1) is 16.9. The van der Waals surface area contributed by atoms with Gasteiger partial charge in [0.05, 0.1) is 23.3 Å². The average Bonchev–Trinajstić information content (AvgIpc) is 3.00. The van der Waals surface area contributed by atoms with Gasteiger partial charge in [-0.2, -0.15) is 0 Å². The van der Waals surface area contributed by atoms with Crippen molar-refractivity contribution in [1.29, 1.82) is 0 Å². The SMILES string of the molecule is C=C1C=CC[C@H](C(C)B2OC(C)(C)C(C)(C)O2)[C@]1(C)[C@@H](C)N=C(N)[C@@H]1CCCCN1C(=O)OC(C)(C)C. The molecule has 0 aromatic carbocycles. The highest BCUT2D eigenvalue weighted by atomic mass is 16.7. The number of carbonyl (C=O) groups excluding carboxylic acids is 1. The fourth-order valence-electron chi connectivity index (χ4n) is 5.87. The molecule has 2 N–H and O–H groups in total. The Hall–Kier alpha value is -1.80. The Labute approximate surface area is 225 Å². The number of nitrogens with zero attached hydrogens (tertiary/aromatic N) is 2. The van der Waals surface area contributed by atoms with Gasteiger partial charge in [-0.3, -0.25) is 9.89 Å². The number of nitrogens with two attached hydrogens (primary N) is 1. The van der Waals surface area contributed by atoms with Crippen LogP contribution in [0.25, 0.3) is 0 Å². The lowest BCUT2D eigenvalue weighted by Gasteiger charge is -2.47. The van der Waals surface area contributed by atoms with E-state index in [1.165, 1.54) is 0 Å². The average molecular weight is 516 g/mol. The van der Waals surface area contributed by atoms with E-state index in [1.54, 1.807) is 4.90 Å². The van der Waals surface area contributed by atoms with E-state index in [0.29, 0.717) is 12.4 Å². The Bertz CT molecular complexity index is 922. The van der Waals surface area contributed by atoms with Crippen molar-refractivity contribution in [2.45, 2.75) is 130 Å². The number of rotatable bonds is 5. The minimum Gasteiger partial charge on any atom is -0.444 e. The van der Waals surface area contributed by atoms with Crippen LogP contribution < -0.4 is 5.73 Å². The summed E-state index contributed by atoms with van der Waals surface area (Å²) >= 11 is 0. The van der Waals surface area contributed by atoms with Crippen LogP contribution in [0, 0.1) is 11.3 Å². The summed E-state index contributed by atoms with van der Waals surface area (Å²) in [4.78, 5) is 19.8. The van der Waals surface area contributed by atoms with Crippen LogP contribution in [0.5, 0.6) is 0 Å². The summed E-state index contributed by atoms with van der Waals surface area (Å²) in [5, 5.41) is 0. The maximum Gasteiger partial charge on any atom is 0.461 e. The number of carbonyl (C=O) groups is 1. The molecular weight excluding hydrogens is 465 g/mol. The number of likely N-dealkylation sites (tertiary alicyclic amines) is 1. The molecule has 1 unspecified atom stereocenters. The fraction of sp³-hybridized carbons (Fsp3) is 0.793. The van der Waals surface area contributed by atoms with Crippen LogP contribution in [0.2, 0.25) is 5.82 Å². The highest BCUT2D eigenvalue weighted by Gasteiger charge is 2.57. The minimum atomic E-state index is -0.561. The van der Waals surface area contributed by atoms with Crippen molar-refractivity contribution in [1.82, 2.24) is 4.90 Å². The van der Waals surface area contributed by atoms with Gasteiger partial charge in [-0.1, -0.05) is 32.6 Å². The Morgan fingerprint density at radius 2 is 1.78 bits per heavy atom. The van der Waals surface area contributed by atoms with Crippen molar-refractivity contribution in [3.05, 3.63) is 24.3 Å². The molecule has 0 aromatic rings. The highest BCUT2D eigenvalue weighted by Crippen LogP contribution is 2.53. The molecule has 5 atom stereocenters. The van der Waals surface area contributed by atoms with Gasteiger partial charge in [-0.25, -0.2) is 4.79 Å². The number of piperidine rings is 1. The van der Waals surface area contributed by atoms with E-state index in [1.807, 2.05) is 20.8 Å². The molecule has 0 bridgehead atoms. The van der Waals surface area contributed by atoms with Crippen molar-refractivity contribution in [3.63, 3.8) is 0 Å². The van der Waals surface area contributed by atoms with Crippen LogP contribution in [0.3, 0.4) is 0 Å². The zero-order valence-corrected chi connectivity index (χ0v) is 24.9. The summed E-state index contributed by atoms with van der Waals surface area (Å²) in [6.07, 6.45) is 7.59. The second-order valence-electron chi connectivity index (χ2n) is 13.5. The number of amidine groups is 1. The summed E-state index contributed by atoms with van der Waals surface area (Å²) in [7, 11) is -0.317. The smallest absolute Gasteiger partial charge is 0.444 e. The third-order valence-electron chi connectivity index (χ3n) is 9.19. The molecule has 2 fully saturated rings. The molecule has 1 amide bonds. The normalized spacial score (nSPS) is 31.8. The number of hydrogen-bond acceptors (Lipinski definition) is 5. The van der Waals surface area contributed by atoms with Crippen molar-refractivity contribution in [3.8, 4) is 0 Å². The first kappa shape index (κ1) is 29.8. The van der Waals surface area contributed by atoms with Crippen LogP contribution in [0.15, 0.2) is 29.3 Å². The van der Waals surface area contributed by atoms with Gasteiger partial charge in [0.1, 0.15) is 11.4 Å². The van der Waals surface area contributed by atoms with Gasteiger partial charge in [-0.15, -0.1) is 0 Å². The van der Waals surface area contributed by atoms with Gasteiger partial charge in [0.15, 0.2) is 0 Å². The molecule has 2 saturated heterocycles. The van der Waals surface area contributed by atoms with Crippen molar-refractivity contribution >= 4 is 19.0 Å². The third kappa shape index (κ3) is 5.95. The van der Waals surface area contributed by atoms with Crippen LogP contribution in [0.1, 0.15) is 94.9 Å². The highest BCUT2D eigenvalue weighted by molar-refractivity contribution is 6.47. The Morgan fingerprint density at radius 3 is 2.35 bits per heavy atom. The van der Waals surface area contributed by atoms with E-state index in [2.05, 4.69) is 67.2 Å². The Morgan fingerprint density at radius 1 is 1.19 bits per heavy atom. The molecule has 8 heteroatoms. The minimum absolute atomic E-state index is 0.111. The van der Waals surface area contributed by atoms with E-state index in [9.17, 15) is 4.79 Å². The van der Waals surface area contributed by atoms with Gasteiger partial charge >= 0.3 is 13.2 Å². The molecule has 3 aliphatic rings. The van der Waals surface area contributed by atoms with E-state index < -0.39 is 5.60 Å². The van der Waals surface area contributed by atoms with Crippen molar-refractivity contribution in [2.24, 2.45) is 22.1 Å². The molecule has 0 spiro atoms. The predicted molar refractivity (Wildman–Crippen MR) is 152 cm³/mol. The molecule has 2 aliphatic heterocycles. The molecule has 0 saturated carbocycles. The molecule has 2 heterocycles. The second-order valence-corrected chi connectivity index (χ2v) is 13.5. The van der Waals surface area contributed by atoms with Crippen molar-refractivity contribution < 1.29 is 18.8 Å². The Balaban J connectivity index is 1.87. The number of aliphatic imine (C=N–C) groups is 1. The second kappa shape index (κ2) is 10.4. The van der Waals surface area contributed by atoms with Crippen LogP contribution in [0.4, 0.5) is 4.79 Å². The monoisotopic (exact) mass is 515 g/mol. The molecule has 0 aromatic heterocycles. The summed E-state index contributed by atoms with van der Waals surface area (Å²) in [5.41, 5.74) is 6.02. The van der Waals surface area contributed by atoms with Crippen LogP contribution >= 0.6 is 0 Å². The standard InChI is InChI=1S/C29H50BN3O4/c1-19-15-14-16-22(20(2)30-36-27(7,8)28(9,10)37-30)29(19,11)21(3)32-24(31)23-17-12-13-18-33(23)25(34)35-26(4,5)6/h14-15,20-23H,1,12-13,16-18H2,2-11H3,(H2,31,32)/t20?,21-,22-,23+,29+/m1/s1. The maximum absolute atomic E-state index is 13.0. The molecule has 3 rings (SSSR count). The lowest BCUT2D eigenvalue weighted by atomic mass is 9.52. The largest absolute Gasteiger partial charge is 0.461 e. The van der Waals surface area contributed by atoms with Gasteiger partial charge in [0.25, 0.3) is 0 Å². The fourth-order valence-corrected chi connectivity index (χ4v) is 5.87. The summed E-state index contributed by atoms with van der Waals surface area (Å²) in [5.74, 6) is 0.794. The zero-order valence-electron chi connectivity index (χ0n) is 24.9. The van der Waals surface area contributed by atoms with Gasteiger partial charge in [0, 0.05) is 12.0 Å². The van der Waals surface area contributed by atoms with E-state index in [4.69, 9.17) is 24.8 Å². The summed E-state index contributed by atoms with van der Waals surface area (Å²) in [6, 6.07) is -0.414. The summed E-state index contributed by atoms with van der Waals surface area (Å²) < 4.78 is 18.6. The molecule has 37 heavy (non-hydrogen) atoms. The maximum atomic E-state index is 13.0. The van der Waals surface area contributed by atoms with E-state index in [0.717, 1.165) is 31.3 Å². The molecule has 208 valence electrons. The van der Waals surface area contributed by atoms with Crippen molar-refractivity contribution in [2.75, 3.05) is 6.54 Å². The number of allylic oxidation sites excluding steroid dienone is 2. The zero-order chi connectivity index (χ0) is 28.0. The number of amides is 1. The molecule has 7 nitrogen and oxygen atoms in total. The Kier molecular flexibility index (Phi) is 8.37. The van der Waals surface area contributed by atoms with E-state index >= 15 is 0 Å². The van der Waals surface area contributed by atoms with Gasteiger partial charge < -0.3 is 19.8 Å². The van der Waals surface area contributed by atoms with Crippen LogP contribution in [-0.2, 0) is 14.0 Å². The lowest BCUT2D eigenvalue weighted by Crippen LogP contribution is -2.53.